The third-order valence-electron chi connectivity index (χ3n) is 4.54. The summed E-state index contributed by atoms with van der Waals surface area (Å²) >= 11 is 0. The van der Waals surface area contributed by atoms with Crippen LogP contribution < -0.4 is 10.6 Å². The van der Waals surface area contributed by atoms with E-state index in [-0.39, 0.29) is 24.0 Å². The SMILES string of the molecule is CN=C(NCCc1nc(C(C)C)no1)NC1CCC(C)(C)CC1.I. The number of nitrogens with zero attached hydrogens (tertiary/aromatic N) is 3. The largest absolute Gasteiger partial charge is 0.356 e. The van der Waals surface area contributed by atoms with Gasteiger partial charge in [-0.05, 0) is 31.1 Å². The standard InChI is InChI=1S/C17H31N5O.HI/c1-12(2)15-21-14(23-22-15)8-11-19-16(18-5)20-13-6-9-17(3,4)10-7-13;/h12-13H,6-11H2,1-5H3,(H2,18,19,20);1H. The van der Waals surface area contributed by atoms with Gasteiger partial charge in [0, 0.05) is 32.0 Å². The molecule has 0 atom stereocenters. The minimum atomic E-state index is 0. The monoisotopic (exact) mass is 449 g/mol. The van der Waals surface area contributed by atoms with E-state index in [9.17, 15) is 0 Å². The van der Waals surface area contributed by atoms with E-state index < -0.39 is 0 Å². The highest BCUT2D eigenvalue weighted by molar-refractivity contribution is 14.0. The topological polar surface area (TPSA) is 75.3 Å². The van der Waals surface area contributed by atoms with Gasteiger partial charge in [0.15, 0.2) is 11.8 Å². The van der Waals surface area contributed by atoms with Gasteiger partial charge in [-0.15, -0.1) is 24.0 Å². The lowest BCUT2D eigenvalue weighted by atomic mass is 9.75. The summed E-state index contributed by atoms with van der Waals surface area (Å²) in [5.74, 6) is 2.60. The first-order valence-corrected chi connectivity index (χ1v) is 8.69. The number of halogens is 1. The number of nitrogens with one attached hydrogen (secondary N) is 2. The fourth-order valence-corrected chi connectivity index (χ4v) is 2.82. The molecule has 138 valence electrons. The third-order valence-corrected chi connectivity index (χ3v) is 4.54. The predicted molar refractivity (Wildman–Crippen MR) is 108 cm³/mol. The zero-order valence-corrected chi connectivity index (χ0v) is 17.9. The summed E-state index contributed by atoms with van der Waals surface area (Å²) in [6.45, 7) is 9.56. The molecular weight excluding hydrogens is 417 g/mol. The maximum Gasteiger partial charge on any atom is 0.228 e. The quantitative estimate of drug-likeness (QED) is 0.409. The van der Waals surface area contributed by atoms with Crippen molar-refractivity contribution in [2.45, 2.75) is 71.8 Å². The average Bonchev–Trinajstić information content (AvgIpc) is 2.97. The van der Waals surface area contributed by atoms with Gasteiger partial charge in [0.25, 0.3) is 0 Å². The van der Waals surface area contributed by atoms with E-state index in [1.807, 2.05) is 7.05 Å². The Hall–Kier alpha value is -0.860. The van der Waals surface area contributed by atoms with Crippen molar-refractivity contribution in [3.05, 3.63) is 11.7 Å². The first kappa shape index (κ1) is 21.2. The molecule has 0 spiro atoms. The number of hydrogen-bond donors (Lipinski definition) is 2. The minimum absolute atomic E-state index is 0. The van der Waals surface area contributed by atoms with E-state index in [0.29, 0.717) is 29.7 Å². The van der Waals surface area contributed by atoms with Crippen LogP contribution in [0, 0.1) is 5.41 Å². The normalized spacial score (nSPS) is 18.3. The lowest BCUT2D eigenvalue weighted by Crippen LogP contribution is -2.46. The van der Waals surface area contributed by atoms with Crippen LogP contribution in [0.3, 0.4) is 0 Å². The van der Waals surface area contributed by atoms with E-state index in [4.69, 9.17) is 4.52 Å². The van der Waals surface area contributed by atoms with E-state index >= 15 is 0 Å². The van der Waals surface area contributed by atoms with Crippen LogP contribution in [-0.2, 0) is 6.42 Å². The Balaban J connectivity index is 0.00000288. The summed E-state index contributed by atoms with van der Waals surface area (Å²) in [6.07, 6.45) is 5.64. The fraction of sp³-hybridized carbons (Fsp3) is 0.824. The molecule has 2 rings (SSSR count). The minimum Gasteiger partial charge on any atom is -0.356 e. The highest BCUT2D eigenvalue weighted by Crippen LogP contribution is 2.34. The van der Waals surface area contributed by atoms with Crippen LogP contribution >= 0.6 is 24.0 Å². The Kier molecular flexibility index (Phi) is 8.45. The molecule has 0 aliphatic heterocycles. The molecule has 0 aromatic carbocycles. The number of aromatic nitrogens is 2. The molecule has 6 nitrogen and oxygen atoms in total. The third kappa shape index (κ3) is 6.57. The van der Waals surface area contributed by atoms with Gasteiger partial charge in [-0.2, -0.15) is 4.98 Å². The van der Waals surface area contributed by atoms with Crippen LogP contribution in [0.1, 0.15) is 71.0 Å². The maximum absolute atomic E-state index is 5.25. The fourth-order valence-electron chi connectivity index (χ4n) is 2.82. The van der Waals surface area contributed by atoms with E-state index in [1.54, 1.807) is 0 Å². The lowest BCUT2D eigenvalue weighted by Gasteiger charge is -2.35. The van der Waals surface area contributed by atoms with Crippen molar-refractivity contribution in [3.8, 4) is 0 Å². The van der Waals surface area contributed by atoms with Gasteiger partial charge in [-0.1, -0.05) is 32.9 Å². The summed E-state index contributed by atoms with van der Waals surface area (Å²) in [5, 5.41) is 10.8. The van der Waals surface area contributed by atoms with Crippen molar-refractivity contribution in [2.24, 2.45) is 10.4 Å². The molecule has 1 aliphatic rings. The molecule has 2 N–H and O–H groups in total. The second kappa shape index (κ2) is 9.58. The van der Waals surface area contributed by atoms with E-state index in [2.05, 4.69) is 53.5 Å². The molecule has 1 fully saturated rings. The summed E-state index contributed by atoms with van der Waals surface area (Å²) in [6, 6.07) is 0.519. The summed E-state index contributed by atoms with van der Waals surface area (Å²) < 4.78 is 5.25. The van der Waals surface area contributed by atoms with Crippen LogP contribution in [0.15, 0.2) is 9.52 Å². The highest BCUT2D eigenvalue weighted by atomic mass is 127. The first-order valence-electron chi connectivity index (χ1n) is 8.69. The zero-order chi connectivity index (χ0) is 16.9. The second-order valence-electron chi connectivity index (χ2n) is 7.53. The van der Waals surface area contributed by atoms with Crippen molar-refractivity contribution in [3.63, 3.8) is 0 Å². The summed E-state index contributed by atoms with van der Waals surface area (Å²) in [7, 11) is 1.81. The Labute approximate surface area is 162 Å². The summed E-state index contributed by atoms with van der Waals surface area (Å²) in [5.41, 5.74) is 0.487. The van der Waals surface area contributed by atoms with Gasteiger partial charge in [0.2, 0.25) is 5.89 Å². The van der Waals surface area contributed by atoms with Crippen LogP contribution in [0.4, 0.5) is 0 Å². The van der Waals surface area contributed by atoms with Crippen molar-refractivity contribution in [1.29, 1.82) is 0 Å². The van der Waals surface area contributed by atoms with Gasteiger partial charge in [-0.25, -0.2) is 0 Å². The molecule has 1 aromatic heterocycles. The van der Waals surface area contributed by atoms with E-state index in [1.165, 1.54) is 25.7 Å². The molecular formula is C17H32IN5O. The number of aliphatic imine (C=N–C) groups is 1. The number of hydrogen-bond acceptors (Lipinski definition) is 4. The van der Waals surface area contributed by atoms with Crippen molar-refractivity contribution in [1.82, 2.24) is 20.8 Å². The van der Waals surface area contributed by atoms with Crippen LogP contribution in [0.25, 0.3) is 0 Å². The van der Waals surface area contributed by atoms with Crippen LogP contribution in [0.5, 0.6) is 0 Å². The van der Waals surface area contributed by atoms with Crippen LogP contribution in [-0.4, -0.2) is 35.7 Å². The Morgan fingerprint density at radius 3 is 2.54 bits per heavy atom. The maximum atomic E-state index is 5.25. The molecule has 1 heterocycles. The molecule has 1 aliphatic carbocycles. The Morgan fingerprint density at radius 1 is 1.33 bits per heavy atom. The predicted octanol–water partition coefficient (Wildman–Crippen LogP) is 3.49. The van der Waals surface area contributed by atoms with Crippen molar-refractivity contribution >= 4 is 29.9 Å². The molecule has 0 radical (unpaired) electrons. The van der Waals surface area contributed by atoms with Gasteiger partial charge >= 0.3 is 0 Å². The second-order valence-corrected chi connectivity index (χ2v) is 7.53. The molecule has 0 amide bonds. The number of guanidine groups is 1. The molecule has 1 aromatic rings. The zero-order valence-electron chi connectivity index (χ0n) is 15.6. The van der Waals surface area contributed by atoms with E-state index in [0.717, 1.165) is 18.3 Å². The Morgan fingerprint density at radius 2 is 2.00 bits per heavy atom. The molecule has 0 saturated heterocycles. The summed E-state index contributed by atoms with van der Waals surface area (Å²) in [4.78, 5) is 8.70. The Bertz CT molecular complexity index is 517. The molecule has 24 heavy (non-hydrogen) atoms. The van der Waals surface area contributed by atoms with Crippen molar-refractivity contribution < 1.29 is 4.52 Å². The van der Waals surface area contributed by atoms with Gasteiger partial charge in [-0.3, -0.25) is 4.99 Å². The van der Waals surface area contributed by atoms with Gasteiger partial charge in [0.1, 0.15) is 0 Å². The smallest absolute Gasteiger partial charge is 0.228 e. The van der Waals surface area contributed by atoms with Gasteiger partial charge in [0.05, 0.1) is 0 Å². The van der Waals surface area contributed by atoms with Crippen molar-refractivity contribution in [2.75, 3.05) is 13.6 Å². The van der Waals surface area contributed by atoms with Gasteiger partial charge < -0.3 is 15.2 Å². The first-order chi connectivity index (χ1) is 10.9. The molecule has 7 heteroatoms. The number of rotatable bonds is 5. The van der Waals surface area contributed by atoms with Crippen LogP contribution in [0.2, 0.25) is 0 Å². The molecule has 1 saturated carbocycles. The molecule has 0 bridgehead atoms. The highest BCUT2D eigenvalue weighted by Gasteiger charge is 2.27. The average molecular weight is 449 g/mol. The molecule has 0 unspecified atom stereocenters. The lowest BCUT2D eigenvalue weighted by molar-refractivity contribution is 0.216.